The molecule has 20 heavy (non-hydrogen) atoms. The van der Waals surface area contributed by atoms with E-state index in [1.165, 1.54) is 19.3 Å². The molecule has 0 bridgehead atoms. The number of carbonyl (C=O) groups is 2. The topological polar surface area (TPSA) is 75.4 Å². The van der Waals surface area contributed by atoms with Gasteiger partial charge in [0.15, 0.2) is 0 Å². The third-order valence-corrected chi connectivity index (χ3v) is 3.95. The summed E-state index contributed by atoms with van der Waals surface area (Å²) in [6.07, 6.45) is 5.78. The number of amides is 2. The molecule has 1 aliphatic rings. The van der Waals surface area contributed by atoms with Crippen LogP contribution in [-0.4, -0.2) is 42.4 Å². The van der Waals surface area contributed by atoms with Crippen LogP contribution in [0.2, 0.25) is 0 Å². The summed E-state index contributed by atoms with van der Waals surface area (Å²) in [6, 6.07) is -0.218. The molecule has 118 valence electrons. The lowest BCUT2D eigenvalue weighted by atomic mass is 9.94. The Morgan fingerprint density at radius 2 is 1.80 bits per heavy atom. The van der Waals surface area contributed by atoms with Crippen LogP contribution >= 0.6 is 12.4 Å². The van der Waals surface area contributed by atoms with Gasteiger partial charge in [-0.05, 0) is 18.8 Å². The summed E-state index contributed by atoms with van der Waals surface area (Å²) in [5, 5.41) is 2.63. The van der Waals surface area contributed by atoms with Crippen LogP contribution in [0.15, 0.2) is 0 Å². The van der Waals surface area contributed by atoms with Gasteiger partial charge in [0.2, 0.25) is 11.8 Å². The van der Waals surface area contributed by atoms with Crippen molar-refractivity contribution in [1.82, 2.24) is 10.2 Å². The van der Waals surface area contributed by atoms with E-state index < -0.39 is 6.04 Å². The summed E-state index contributed by atoms with van der Waals surface area (Å²) in [5.74, 6) is -0.206. The summed E-state index contributed by atoms with van der Waals surface area (Å²) in [4.78, 5) is 25.5. The standard InChI is InChI=1S/C14H27N3O2.ClH/c1-10(2)13(15)14(19)16-9-12(18)17(3)11-7-5-4-6-8-11;/h10-11,13H,4-9,15H2,1-3H3,(H,16,19);1H/t13-;/m0./s1. The number of carbonyl (C=O) groups excluding carboxylic acids is 2. The van der Waals surface area contributed by atoms with E-state index in [1.807, 2.05) is 20.9 Å². The van der Waals surface area contributed by atoms with Crippen molar-refractivity contribution in [1.29, 1.82) is 0 Å². The van der Waals surface area contributed by atoms with Gasteiger partial charge in [0.1, 0.15) is 0 Å². The van der Waals surface area contributed by atoms with Crippen molar-refractivity contribution in [3.63, 3.8) is 0 Å². The zero-order valence-corrected chi connectivity index (χ0v) is 13.5. The van der Waals surface area contributed by atoms with E-state index >= 15 is 0 Å². The lowest BCUT2D eigenvalue weighted by Gasteiger charge is -2.31. The second kappa shape index (κ2) is 9.19. The maximum absolute atomic E-state index is 12.0. The lowest BCUT2D eigenvalue weighted by molar-refractivity contribution is -0.134. The van der Waals surface area contributed by atoms with Crippen molar-refractivity contribution in [2.75, 3.05) is 13.6 Å². The fourth-order valence-electron chi connectivity index (χ4n) is 2.38. The Kier molecular flexibility index (Phi) is 8.81. The average Bonchev–Trinajstić information content (AvgIpc) is 2.43. The van der Waals surface area contributed by atoms with Gasteiger partial charge in [0, 0.05) is 13.1 Å². The molecular formula is C14H28ClN3O2. The molecule has 0 aromatic rings. The number of hydrogen-bond acceptors (Lipinski definition) is 3. The predicted octanol–water partition coefficient (Wildman–Crippen LogP) is 1.30. The number of nitrogens with one attached hydrogen (secondary N) is 1. The molecule has 1 fully saturated rings. The minimum Gasteiger partial charge on any atom is -0.346 e. The van der Waals surface area contributed by atoms with Crippen LogP contribution in [-0.2, 0) is 9.59 Å². The number of halogens is 1. The number of rotatable bonds is 5. The third-order valence-electron chi connectivity index (χ3n) is 3.95. The Morgan fingerprint density at radius 1 is 1.25 bits per heavy atom. The monoisotopic (exact) mass is 305 g/mol. The Bertz CT molecular complexity index is 318. The van der Waals surface area contributed by atoms with Gasteiger partial charge in [-0.25, -0.2) is 0 Å². The summed E-state index contributed by atoms with van der Waals surface area (Å²) < 4.78 is 0. The largest absolute Gasteiger partial charge is 0.346 e. The van der Waals surface area contributed by atoms with Crippen molar-refractivity contribution >= 4 is 24.2 Å². The Hall–Kier alpha value is -0.810. The molecule has 1 atom stereocenters. The molecule has 0 unspecified atom stereocenters. The van der Waals surface area contributed by atoms with Crippen molar-refractivity contribution < 1.29 is 9.59 Å². The molecule has 2 amide bonds. The average molecular weight is 306 g/mol. The number of nitrogens with zero attached hydrogens (tertiary/aromatic N) is 1. The van der Waals surface area contributed by atoms with Gasteiger partial charge in [0.05, 0.1) is 12.6 Å². The summed E-state index contributed by atoms with van der Waals surface area (Å²) >= 11 is 0. The van der Waals surface area contributed by atoms with Gasteiger partial charge in [0.25, 0.3) is 0 Å². The first-order chi connectivity index (χ1) is 8.93. The zero-order chi connectivity index (χ0) is 14.4. The van der Waals surface area contributed by atoms with Gasteiger partial charge < -0.3 is 16.0 Å². The second-order valence-corrected chi connectivity index (χ2v) is 5.78. The molecule has 0 heterocycles. The highest BCUT2D eigenvalue weighted by Crippen LogP contribution is 2.21. The molecule has 5 nitrogen and oxygen atoms in total. The minimum atomic E-state index is -0.548. The molecule has 1 saturated carbocycles. The lowest BCUT2D eigenvalue weighted by Crippen LogP contribution is -2.49. The number of likely N-dealkylation sites (N-methyl/N-ethyl adjacent to an activating group) is 1. The maximum atomic E-state index is 12.0. The molecule has 0 spiro atoms. The van der Waals surface area contributed by atoms with Crippen molar-refractivity contribution in [3.05, 3.63) is 0 Å². The van der Waals surface area contributed by atoms with Crippen LogP contribution in [0.4, 0.5) is 0 Å². The van der Waals surface area contributed by atoms with E-state index in [1.54, 1.807) is 4.90 Å². The summed E-state index contributed by atoms with van der Waals surface area (Å²) in [5.41, 5.74) is 5.73. The molecule has 1 rings (SSSR count). The van der Waals surface area contributed by atoms with Gasteiger partial charge in [-0.1, -0.05) is 33.1 Å². The van der Waals surface area contributed by atoms with E-state index in [4.69, 9.17) is 5.73 Å². The van der Waals surface area contributed by atoms with Crippen molar-refractivity contribution in [2.24, 2.45) is 11.7 Å². The Labute approximate surface area is 128 Å². The third kappa shape index (κ3) is 5.67. The Morgan fingerprint density at radius 3 is 2.30 bits per heavy atom. The molecular weight excluding hydrogens is 278 g/mol. The van der Waals surface area contributed by atoms with Crippen LogP contribution in [0.3, 0.4) is 0 Å². The van der Waals surface area contributed by atoms with Crippen LogP contribution in [0.5, 0.6) is 0 Å². The van der Waals surface area contributed by atoms with E-state index in [-0.39, 0.29) is 36.7 Å². The summed E-state index contributed by atoms with van der Waals surface area (Å²) in [7, 11) is 1.83. The highest BCUT2D eigenvalue weighted by Gasteiger charge is 2.23. The zero-order valence-electron chi connectivity index (χ0n) is 12.7. The fourth-order valence-corrected chi connectivity index (χ4v) is 2.38. The van der Waals surface area contributed by atoms with Crippen LogP contribution in [0, 0.1) is 5.92 Å². The molecule has 1 aliphatic carbocycles. The van der Waals surface area contributed by atoms with Crippen LogP contribution in [0.1, 0.15) is 46.0 Å². The maximum Gasteiger partial charge on any atom is 0.241 e. The molecule has 0 saturated heterocycles. The van der Waals surface area contributed by atoms with Gasteiger partial charge in [-0.3, -0.25) is 9.59 Å². The van der Waals surface area contributed by atoms with E-state index in [0.29, 0.717) is 6.04 Å². The minimum absolute atomic E-state index is 0. The fraction of sp³-hybridized carbons (Fsp3) is 0.857. The molecule has 0 aromatic heterocycles. The molecule has 0 aromatic carbocycles. The van der Waals surface area contributed by atoms with E-state index in [0.717, 1.165) is 12.8 Å². The summed E-state index contributed by atoms with van der Waals surface area (Å²) in [6.45, 7) is 3.83. The normalized spacial score (nSPS) is 17.2. The SMILES string of the molecule is CC(C)[C@H](N)C(=O)NCC(=O)N(C)C1CCCCC1.Cl. The van der Waals surface area contributed by atoms with E-state index in [9.17, 15) is 9.59 Å². The number of hydrogen-bond donors (Lipinski definition) is 2. The molecule has 0 aliphatic heterocycles. The number of nitrogens with two attached hydrogens (primary N) is 1. The van der Waals surface area contributed by atoms with Crippen molar-refractivity contribution in [2.45, 2.75) is 58.0 Å². The van der Waals surface area contributed by atoms with Crippen LogP contribution < -0.4 is 11.1 Å². The van der Waals surface area contributed by atoms with Crippen molar-refractivity contribution in [3.8, 4) is 0 Å². The van der Waals surface area contributed by atoms with Gasteiger partial charge in [-0.15, -0.1) is 12.4 Å². The first-order valence-electron chi connectivity index (χ1n) is 7.22. The molecule has 0 radical (unpaired) electrons. The quantitative estimate of drug-likeness (QED) is 0.804. The molecule has 6 heteroatoms. The smallest absolute Gasteiger partial charge is 0.241 e. The first-order valence-corrected chi connectivity index (χ1v) is 7.22. The highest BCUT2D eigenvalue weighted by atomic mass is 35.5. The molecule has 3 N–H and O–H groups in total. The Balaban J connectivity index is 0.00000361. The van der Waals surface area contributed by atoms with Gasteiger partial charge in [-0.2, -0.15) is 0 Å². The predicted molar refractivity (Wildman–Crippen MR) is 82.7 cm³/mol. The van der Waals surface area contributed by atoms with Gasteiger partial charge >= 0.3 is 0 Å². The first kappa shape index (κ1) is 19.2. The van der Waals surface area contributed by atoms with Crippen LogP contribution in [0.25, 0.3) is 0 Å². The second-order valence-electron chi connectivity index (χ2n) is 5.78. The highest BCUT2D eigenvalue weighted by molar-refractivity contribution is 5.87. The van der Waals surface area contributed by atoms with E-state index in [2.05, 4.69) is 5.32 Å².